The number of benzene rings is 1. The van der Waals surface area contributed by atoms with Crippen LogP contribution in [0.2, 0.25) is 10.0 Å². The van der Waals surface area contributed by atoms with Crippen LogP contribution in [0, 0.1) is 0 Å². The van der Waals surface area contributed by atoms with Gasteiger partial charge in [-0.05, 0) is 18.2 Å². The molecule has 0 saturated heterocycles. The number of nitrogens with one attached hydrogen (secondary N) is 1. The van der Waals surface area contributed by atoms with E-state index in [1.165, 1.54) is 18.3 Å². The fraction of sp³-hybridized carbons (Fsp3) is 0.100. The van der Waals surface area contributed by atoms with E-state index in [-0.39, 0.29) is 15.8 Å². The minimum atomic E-state index is -2.92. The van der Waals surface area contributed by atoms with E-state index in [2.05, 4.69) is 14.9 Å². The van der Waals surface area contributed by atoms with E-state index in [1.54, 1.807) is 6.07 Å². The van der Waals surface area contributed by atoms with Crippen LogP contribution in [0.25, 0.3) is 11.3 Å². The van der Waals surface area contributed by atoms with Gasteiger partial charge in [0.2, 0.25) is 0 Å². The van der Waals surface area contributed by atoms with Gasteiger partial charge in [-0.1, -0.05) is 23.2 Å². The summed E-state index contributed by atoms with van der Waals surface area (Å²) in [6.45, 7) is -2.92. The topological polar surface area (TPSA) is 37.9 Å². The highest BCUT2D eigenvalue weighted by molar-refractivity contribution is 6.39. The van der Waals surface area contributed by atoms with Gasteiger partial charge in [0.25, 0.3) is 0 Å². The molecule has 0 radical (unpaired) electrons. The zero-order valence-corrected chi connectivity index (χ0v) is 9.77. The molecule has 0 aliphatic carbocycles. The summed E-state index contributed by atoms with van der Waals surface area (Å²) >= 11 is 11.9. The minimum Gasteiger partial charge on any atom is -0.435 e. The number of ether oxygens (including phenoxy) is 1. The molecular weight excluding hydrogens is 273 g/mol. The second kappa shape index (κ2) is 4.89. The van der Waals surface area contributed by atoms with Crippen molar-refractivity contribution in [3.8, 4) is 17.0 Å². The van der Waals surface area contributed by atoms with Crippen LogP contribution in [-0.2, 0) is 0 Å². The predicted octanol–water partition coefficient (Wildman–Crippen LogP) is 3.98. The van der Waals surface area contributed by atoms with Crippen molar-refractivity contribution in [1.82, 2.24) is 10.2 Å². The number of hydrogen-bond acceptors (Lipinski definition) is 2. The Kier molecular flexibility index (Phi) is 3.49. The third-order valence-electron chi connectivity index (χ3n) is 2.01. The molecule has 1 aromatic heterocycles. The number of hydrogen-bond donors (Lipinski definition) is 1. The van der Waals surface area contributed by atoms with Gasteiger partial charge in [-0.2, -0.15) is 13.9 Å². The van der Waals surface area contributed by atoms with Gasteiger partial charge < -0.3 is 4.74 Å². The fourth-order valence-electron chi connectivity index (χ4n) is 1.37. The smallest absolute Gasteiger partial charge is 0.387 e. The molecule has 90 valence electrons. The summed E-state index contributed by atoms with van der Waals surface area (Å²) in [6.07, 6.45) is 1.53. The van der Waals surface area contributed by atoms with Gasteiger partial charge in [-0.15, -0.1) is 0 Å². The Morgan fingerprint density at radius 2 is 1.88 bits per heavy atom. The lowest BCUT2D eigenvalue weighted by Crippen LogP contribution is -2.02. The van der Waals surface area contributed by atoms with Gasteiger partial charge in [0.1, 0.15) is 5.75 Å². The van der Waals surface area contributed by atoms with E-state index in [0.29, 0.717) is 11.3 Å². The molecule has 0 aliphatic heterocycles. The average molecular weight is 279 g/mol. The van der Waals surface area contributed by atoms with Crippen molar-refractivity contribution in [2.24, 2.45) is 0 Å². The lowest BCUT2D eigenvalue weighted by atomic mass is 10.1. The Morgan fingerprint density at radius 3 is 2.35 bits per heavy atom. The summed E-state index contributed by atoms with van der Waals surface area (Å²) in [6, 6.07) is 4.21. The number of aromatic amines is 1. The van der Waals surface area contributed by atoms with E-state index < -0.39 is 6.61 Å². The maximum atomic E-state index is 12.0. The normalized spacial score (nSPS) is 10.9. The van der Waals surface area contributed by atoms with Crippen LogP contribution in [0.15, 0.2) is 24.4 Å². The zero-order valence-electron chi connectivity index (χ0n) is 8.25. The fourth-order valence-corrected chi connectivity index (χ4v) is 2.04. The lowest BCUT2D eigenvalue weighted by molar-refractivity contribution is -0.0498. The van der Waals surface area contributed by atoms with Gasteiger partial charge in [0.15, 0.2) is 0 Å². The summed E-state index contributed by atoms with van der Waals surface area (Å²) in [5.74, 6) is -0.0849. The van der Waals surface area contributed by atoms with Crippen molar-refractivity contribution in [2.45, 2.75) is 6.61 Å². The van der Waals surface area contributed by atoms with Crippen molar-refractivity contribution < 1.29 is 13.5 Å². The van der Waals surface area contributed by atoms with E-state index in [4.69, 9.17) is 23.2 Å². The first-order valence-corrected chi connectivity index (χ1v) is 5.27. The highest BCUT2D eigenvalue weighted by atomic mass is 35.5. The summed E-state index contributed by atoms with van der Waals surface area (Å²) in [4.78, 5) is 0. The second-order valence-electron chi connectivity index (χ2n) is 3.11. The summed E-state index contributed by atoms with van der Waals surface area (Å²) in [5.41, 5.74) is 1.09. The molecule has 3 nitrogen and oxygen atoms in total. The van der Waals surface area contributed by atoms with Gasteiger partial charge in [0, 0.05) is 11.8 Å². The molecule has 0 saturated carbocycles. The first-order valence-electron chi connectivity index (χ1n) is 4.51. The first kappa shape index (κ1) is 12.1. The quantitative estimate of drug-likeness (QED) is 0.922. The third kappa shape index (κ3) is 2.68. The Labute approximate surface area is 105 Å². The van der Waals surface area contributed by atoms with Crippen LogP contribution in [0.3, 0.4) is 0 Å². The molecule has 7 heteroatoms. The van der Waals surface area contributed by atoms with Crippen LogP contribution >= 0.6 is 23.2 Å². The highest BCUT2D eigenvalue weighted by Crippen LogP contribution is 2.37. The van der Waals surface area contributed by atoms with E-state index in [0.717, 1.165) is 0 Å². The van der Waals surface area contributed by atoms with Crippen molar-refractivity contribution in [3.05, 3.63) is 34.4 Å². The van der Waals surface area contributed by atoms with Crippen molar-refractivity contribution in [3.63, 3.8) is 0 Å². The van der Waals surface area contributed by atoms with Crippen LogP contribution in [0.5, 0.6) is 5.75 Å². The highest BCUT2D eigenvalue weighted by Gasteiger charge is 2.14. The Balaban J connectivity index is 2.43. The number of H-pyrrole nitrogens is 1. The number of halogens is 4. The molecule has 17 heavy (non-hydrogen) atoms. The molecule has 2 rings (SSSR count). The molecule has 0 bridgehead atoms. The summed E-state index contributed by atoms with van der Waals surface area (Å²) in [5, 5.41) is 6.86. The minimum absolute atomic E-state index is 0.0849. The first-order chi connectivity index (χ1) is 8.08. The molecule has 0 atom stereocenters. The molecule has 1 heterocycles. The zero-order chi connectivity index (χ0) is 12.4. The standard InChI is InChI=1S/C10H6Cl2F2N2O/c11-6-3-5(17-10(13)14)4-7(12)9(6)8-1-2-15-16-8/h1-4,10H,(H,15,16). The molecule has 0 unspecified atom stereocenters. The van der Waals surface area contributed by atoms with E-state index >= 15 is 0 Å². The molecule has 2 aromatic rings. The monoisotopic (exact) mass is 278 g/mol. The van der Waals surface area contributed by atoms with Gasteiger partial charge >= 0.3 is 6.61 Å². The molecule has 1 aromatic carbocycles. The molecule has 0 fully saturated rings. The number of alkyl halides is 2. The molecular formula is C10H6Cl2F2N2O. The number of nitrogens with zero attached hydrogens (tertiary/aromatic N) is 1. The molecule has 1 N–H and O–H groups in total. The second-order valence-corrected chi connectivity index (χ2v) is 3.93. The van der Waals surface area contributed by atoms with Gasteiger partial charge in [-0.3, -0.25) is 5.10 Å². The Morgan fingerprint density at radius 1 is 1.24 bits per heavy atom. The SMILES string of the molecule is FC(F)Oc1cc(Cl)c(-c2ccn[nH]2)c(Cl)c1. The Bertz CT molecular complexity index is 494. The van der Waals surface area contributed by atoms with Gasteiger partial charge in [0.05, 0.1) is 15.7 Å². The molecule has 0 aliphatic rings. The van der Waals surface area contributed by atoms with Crippen molar-refractivity contribution in [2.75, 3.05) is 0 Å². The maximum Gasteiger partial charge on any atom is 0.387 e. The van der Waals surface area contributed by atoms with Crippen LogP contribution in [-0.4, -0.2) is 16.8 Å². The third-order valence-corrected chi connectivity index (χ3v) is 2.61. The van der Waals surface area contributed by atoms with Crippen LogP contribution in [0.4, 0.5) is 8.78 Å². The predicted molar refractivity (Wildman–Crippen MR) is 60.7 cm³/mol. The summed E-state index contributed by atoms with van der Waals surface area (Å²) in [7, 11) is 0. The van der Waals surface area contributed by atoms with Crippen LogP contribution in [0.1, 0.15) is 0 Å². The van der Waals surface area contributed by atoms with E-state index in [9.17, 15) is 8.78 Å². The molecule has 0 spiro atoms. The van der Waals surface area contributed by atoms with Crippen molar-refractivity contribution in [1.29, 1.82) is 0 Å². The van der Waals surface area contributed by atoms with Crippen molar-refractivity contribution >= 4 is 23.2 Å². The maximum absolute atomic E-state index is 12.0. The van der Waals surface area contributed by atoms with E-state index in [1.807, 2.05) is 0 Å². The average Bonchev–Trinajstić information content (AvgIpc) is 2.68. The van der Waals surface area contributed by atoms with Gasteiger partial charge in [-0.25, -0.2) is 0 Å². The van der Waals surface area contributed by atoms with Crippen LogP contribution < -0.4 is 4.74 Å². The summed E-state index contributed by atoms with van der Waals surface area (Å²) < 4.78 is 28.3. The largest absolute Gasteiger partial charge is 0.435 e. The lowest BCUT2D eigenvalue weighted by Gasteiger charge is -2.09. The molecule has 0 amide bonds. The number of rotatable bonds is 3. The Hall–Kier alpha value is -1.33. The number of aromatic nitrogens is 2.